The Morgan fingerprint density at radius 2 is 1.46 bits per heavy atom. The molecule has 1 fully saturated rings. The summed E-state index contributed by atoms with van der Waals surface area (Å²) in [6.07, 6.45) is 0. The first-order valence-corrected chi connectivity index (χ1v) is 9.13. The lowest BCUT2D eigenvalue weighted by Gasteiger charge is -2.07. The van der Waals surface area contributed by atoms with Gasteiger partial charge in [0.25, 0.3) is 0 Å². The fourth-order valence-electron chi connectivity index (χ4n) is 3.16. The van der Waals surface area contributed by atoms with Crippen molar-refractivity contribution in [2.45, 2.75) is 35.4 Å². The molecule has 24 heavy (non-hydrogen) atoms. The maximum Gasteiger partial charge on any atom is 0.325 e. The normalized spacial score (nSPS) is 26.1. The van der Waals surface area contributed by atoms with Gasteiger partial charge in [-0.15, -0.1) is 0 Å². The second-order valence-corrected chi connectivity index (χ2v) is 8.47. The lowest BCUT2D eigenvalue weighted by atomic mass is 10.1. The van der Waals surface area contributed by atoms with Gasteiger partial charge in [0.1, 0.15) is 10.8 Å². The Kier molecular flexibility index (Phi) is 3.77. The summed E-state index contributed by atoms with van der Waals surface area (Å²) < 4.78 is 25.9. The Bertz CT molecular complexity index is 888. The van der Waals surface area contributed by atoms with Crippen LogP contribution in [-0.2, 0) is 14.6 Å². The molecule has 0 amide bonds. The van der Waals surface area contributed by atoms with E-state index in [1.807, 2.05) is 26.0 Å². The van der Waals surface area contributed by atoms with E-state index in [0.717, 1.165) is 11.1 Å². The first-order chi connectivity index (χ1) is 11.2. The Labute approximate surface area is 141 Å². The van der Waals surface area contributed by atoms with Crippen molar-refractivity contribution in [3.63, 3.8) is 0 Å². The molecule has 126 valence electrons. The summed E-state index contributed by atoms with van der Waals surface area (Å²) in [5.74, 6) is -2.06. The van der Waals surface area contributed by atoms with Crippen LogP contribution in [0.1, 0.15) is 22.6 Å². The highest BCUT2D eigenvalue weighted by Gasteiger charge is 2.74. The van der Waals surface area contributed by atoms with Crippen LogP contribution in [0.5, 0.6) is 0 Å². The Morgan fingerprint density at radius 3 is 1.92 bits per heavy atom. The van der Waals surface area contributed by atoms with Crippen LogP contribution in [0.25, 0.3) is 0 Å². The highest BCUT2D eigenvalue weighted by atomic mass is 32.2. The molecule has 0 saturated heterocycles. The number of aryl methyl sites for hydroxylation is 2. The summed E-state index contributed by atoms with van der Waals surface area (Å²) in [4.78, 5) is 11.8. The van der Waals surface area contributed by atoms with Crippen molar-refractivity contribution in [2.24, 2.45) is 5.73 Å². The van der Waals surface area contributed by atoms with E-state index >= 15 is 0 Å². The number of nitrogens with two attached hydrogens (primary N) is 1. The van der Waals surface area contributed by atoms with Gasteiger partial charge in [0, 0.05) is 5.92 Å². The molecule has 3 N–H and O–H groups in total. The van der Waals surface area contributed by atoms with E-state index < -0.39 is 32.5 Å². The van der Waals surface area contributed by atoms with Gasteiger partial charge in [-0.05, 0) is 31.5 Å². The molecule has 1 saturated carbocycles. The van der Waals surface area contributed by atoms with E-state index in [1.54, 1.807) is 24.3 Å². The van der Waals surface area contributed by atoms with Crippen LogP contribution in [0.2, 0.25) is 0 Å². The first-order valence-electron chi connectivity index (χ1n) is 7.58. The molecule has 2 aromatic rings. The third-order valence-corrected chi connectivity index (χ3v) is 6.93. The van der Waals surface area contributed by atoms with E-state index in [0.29, 0.717) is 5.56 Å². The number of rotatable bonds is 4. The number of carboxylic acid groups (broad SMARTS) is 1. The molecule has 3 rings (SSSR count). The van der Waals surface area contributed by atoms with Crippen molar-refractivity contribution >= 4 is 15.8 Å². The highest BCUT2D eigenvalue weighted by Crippen LogP contribution is 2.55. The maximum atomic E-state index is 12.9. The molecule has 1 aliphatic carbocycles. The van der Waals surface area contributed by atoms with Crippen LogP contribution in [0.4, 0.5) is 0 Å². The molecule has 0 bridgehead atoms. The summed E-state index contributed by atoms with van der Waals surface area (Å²) in [6.45, 7) is 3.76. The summed E-state index contributed by atoms with van der Waals surface area (Å²) in [6, 6.07) is 13.5. The average molecular weight is 345 g/mol. The zero-order valence-electron chi connectivity index (χ0n) is 13.4. The van der Waals surface area contributed by atoms with Gasteiger partial charge in [-0.1, -0.05) is 47.5 Å². The van der Waals surface area contributed by atoms with E-state index in [1.165, 1.54) is 12.1 Å². The number of benzene rings is 2. The van der Waals surface area contributed by atoms with E-state index in [2.05, 4.69) is 0 Å². The number of hydrogen-bond donors (Lipinski definition) is 2. The minimum atomic E-state index is -3.85. The SMILES string of the molecule is Cc1ccc([C@@H]2[C@H](S(=O)(=O)c3ccc(C)cc3)[C@]2(N)C(=O)O)cc1. The molecular weight excluding hydrogens is 326 g/mol. The van der Waals surface area contributed by atoms with Crippen molar-refractivity contribution in [3.8, 4) is 0 Å². The van der Waals surface area contributed by atoms with Crippen molar-refractivity contribution in [1.82, 2.24) is 0 Å². The first kappa shape index (κ1) is 16.7. The van der Waals surface area contributed by atoms with Gasteiger partial charge in [0.05, 0.1) is 4.90 Å². The molecule has 1 aliphatic rings. The maximum absolute atomic E-state index is 12.9. The molecule has 5 nitrogen and oxygen atoms in total. The van der Waals surface area contributed by atoms with Gasteiger partial charge in [-0.3, -0.25) is 4.79 Å². The van der Waals surface area contributed by atoms with Crippen LogP contribution >= 0.6 is 0 Å². The summed E-state index contributed by atoms with van der Waals surface area (Å²) >= 11 is 0. The van der Waals surface area contributed by atoms with Gasteiger partial charge >= 0.3 is 5.97 Å². The third-order valence-electron chi connectivity index (χ3n) is 4.67. The second-order valence-electron chi connectivity index (χ2n) is 6.41. The van der Waals surface area contributed by atoms with Gasteiger partial charge in [0.15, 0.2) is 9.84 Å². The predicted molar refractivity (Wildman–Crippen MR) is 90.6 cm³/mol. The average Bonchev–Trinajstić information content (AvgIpc) is 3.17. The molecule has 3 atom stereocenters. The molecular formula is C18H19NO4S. The Morgan fingerprint density at radius 1 is 1.00 bits per heavy atom. The lowest BCUT2D eigenvalue weighted by molar-refractivity contribution is -0.139. The highest BCUT2D eigenvalue weighted by molar-refractivity contribution is 7.92. The molecule has 6 heteroatoms. The van der Waals surface area contributed by atoms with E-state index in [4.69, 9.17) is 5.73 Å². The quantitative estimate of drug-likeness (QED) is 0.883. The molecule has 0 aromatic heterocycles. The van der Waals surface area contributed by atoms with Gasteiger partial charge < -0.3 is 10.8 Å². The van der Waals surface area contributed by atoms with Crippen molar-refractivity contribution in [3.05, 3.63) is 65.2 Å². The minimum Gasteiger partial charge on any atom is -0.480 e. The molecule has 0 heterocycles. The van der Waals surface area contributed by atoms with Crippen LogP contribution < -0.4 is 5.73 Å². The molecule has 0 spiro atoms. The van der Waals surface area contributed by atoms with Crippen LogP contribution in [0.15, 0.2) is 53.4 Å². The van der Waals surface area contributed by atoms with Gasteiger partial charge in [-0.25, -0.2) is 8.42 Å². The third kappa shape index (κ3) is 2.42. The van der Waals surface area contributed by atoms with E-state index in [-0.39, 0.29) is 4.90 Å². The summed E-state index contributed by atoms with van der Waals surface area (Å²) in [7, 11) is -3.85. The zero-order chi connectivity index (χ0) is 17.7. The Balaban J connectivity index is 2.06. The van der Waals surface area contributed by atoms with Crippen molar-refractivity contribution in [2.75, 3.05) is 0 Å². The minimum absolute atomic E-state index is 0.101. The summed E-state index contributed by atoms with van der Waals surface area (Å²) in [5.41, 5.74) is 6.78. The fourth-order valence-corrected chi connectivity index (χ4v) is 5.40. The molecule has 0 aliphatic heterocycles. The van der Waals surface area contributed by atoms with Crippen LogP contribution in [0, 0.1) is 13.8 Å². The fraction of sp³-hybridized carbons (Fsp3) is 0.278. The van der Waals surface area contributed by atoms with Gasteiger partial charge in [-0.2, -0.15) is 0 Å². The van der Waals surface area contributed by atoms with E-state index in [9.17, 15) is 18.3 Å². The largest absolute Gasteiger partial charge is 0.480 e. The summed E-state index contributed by atoms with van der Waals surface area (Å²) in [5, 5.41) is 8.36. The smallest absolute Gasteiger partial charge is 0.325 e. The number of hydrogen-bond acceptors (Lipinski definition) is 4. The molecule has 2 aromatic carbocycles. The zero-order valence-corrected chi connectivity index (χ0v) is 14.2. The number of carbonyl (C=O) groups is 1. The topological polar surface area (TPSA) is 97.5 Å². The number of carboxylic acids is 1. The second kappa shape index (κ2) is 5.43. The van der Waals surface area contributed by atoms with Crippen molar-refractivity contribution < 1.29 is 18.3 Å². The van der Waals surface area contributed by atoms with Crippen LogP contribution in [-0.4, -0.2) is 30.3 Å². The van der Waals surface area contributed by atoms with Crippen LogP contribution in [0.3, 0.4) is 0 Å². The number of sulfone groups is 1. The predicted octanol–water partition coefficient (Wildman–Crippen LogP) is 2.03. The standard InChI is InChI=1S/C18H19NO4S/c1-11-3-7-13(8-4-11)15-16(18(15,19)17(20)21)24(22,23)14-9-5-12(2)6-10-14/h3-10,15-16H,19H2,1-2H3,(H,20,21)/t15-,16+,18+/m1/s1. The Hall–Kier alpha value is -2.18. The van der Waals surface area contributed by atoms with Crippen molar-refractivity contribution in [1.29, 1.82) is 0 Å². The molecule has 0 unspecified atom stereocenters. The monoisotopic (exact) mass is 345 g/mol. The lowest BCUT2D eigenvalue weighted by Crippen LogP contribution is -2.39. The number of aliphatic carboxylic acids is 1. The van der Waals surface area contributed by atoms with Gasteiger partial charge in [0.2, 0.25) is 0 Å². The molecule has 0 radical (unpaired) electrons.